The monoisotopic (exact) mass is 363 g/mol. The molecule has 1 aliphatic rings. The van der Waals surface area contributed by atoms with Crippen molar-refractivity contribution in [2.24, 2.45) is 0 Å². The highest BCUT2D eigenvalue weighted by Gasteiger charge is 2.37. The van der Waals surface area contributed by atoms with E-state index in [4.69, 9.17) is 4.42 Å². The average molecular weight is 363 g/mol. The number of piperazine rings is 1. The van der Waals surface area contributed by atoms with Crippen LogP contribution in [0.2, 0.25) is 0 Å². The fraction of sp³-hybridized carbons (Fsp3) is 0.529. The highest BCUT2D eigenvalue weighted by molar-refractivity contribution is 7.17. The van der Waals surface area contributed by atoms with Gasteiger partial charge in [0.15, 0.2) is 11.8 Å². The summed E-state index contributed by atoms with van der Waals surface area (Å²) in [7, 11) is 0. The molecule has 0 amide bonds. The van der Waals surface area contributed by atoms with Crippen LogP contribution in [0.25, 0.3) is 4.96 Å². The van der Waals surface area contributed by atoms with Crippen LogP contribution in [0.5, 0.6) is 5.88 Å². The maximum absolute atomic E-state index is 10.8. The SMILES string of the molecule is CC[NH+]1CC[NH+]([C@H](c2ccc(C)o2)c2sc3nc(C)nn3c2O)CC1. The number of nitrogens with one attached hydrogen (secondary N) is 2. The van der Waals surface area contributed by atoms with E-state index in [9.17, 15) is 5.11 Å². The van der Waals surface area contributed by atoms with E-state index >= 15 is 0 Å². The van der Waals surface area contributed by atoms with Gasteiger partial charge >= 0.3 is 0 Å². The number of aromatic nitrogens is 3. The number of hydrogen-bond donors (Lipinski definition) is 3. The Morgan fingerprint density at radius 3 is 2.64 bits per heavy atom. The lowest BCUT2D eigenvalue weighted by Gasteiger charge is -2.32. The van der Waals surface area contributed by atoms with Gasteiger partial charge < -0.3 is 19.3 Å². The van der Waals surface area contributed by atoms with Crippen molar-refractivity contribution in [2.75, 3.05) is 32.7 Å². The van der Waals surface area contributed by atoms with Crippen molar-refractivity contribution in [3.05, 3.63) is 34.4 Å². The van der Waals surface area contributed by atoms with Crippen LogP contribution in [0, 0.1) is 13.8 Å². The molecule has 0 spiro atoms. The second-order valence-electron chi connectivity index (χ2n) is 6.79. The maximum Gasteiger partial charge on any atom is 0.235 e. The van der Waals surface area contributed by atoms with Gasteiger partial charge in [-0.1, -0.05) is 11.3 Å². The van der Waals surface area contributed by atoms with E-state index in [2.05, 4.69) is 17.0 Å². The summed E-state index contributed by atoms with van der Waals surface area (Å²) < 4.78 is 7.52. The zero-order valence-corrected chi connectivity index (χ0v) is 15.7. The molecule has 25 heavy (non-hydrogen) atoms. The normalized spacial score (nSPS) is 22.5. The topological polar surface area (TPSA) is 72.4 Å². The number of likely N-dealkylation sites (N-methyl/N-ethyl adjacent to an activating group) is 1. The Morgan fingerprint density at radius 2 is 2.04 bits per heavy atom. The van der Waals surface area contributed by atoms with Crippen LogP contribution in [0.1, 0.15) is 35.2 Å². The number of quaternary nitrogens is 2. The number of aryl methyl sites for hydroxylation is 2. The molecule has 1 aliphatic heterocycles. The first-order valence-corrected chi connectivity index (χ1v) is 9.68. The van der Waals surface area contributed by atoms with E-state index in [0.717, 1.165) is 47.5 Å². The number of rotatable bonds is 4. The van der Waals surface area contributed by atoms with E-state index in [-0.39, 0.29) is 11.9 Å². The lowest BCUT2D eigenvalue weighted by atomic mass is 10.1. The predicted molar refractivity (Wildman–Crippen MR) is 94.5 cm³/mol. The van der Waals surface area contributed by atoms with Gasteiger partial charge in [0.1, 0.15) is 42.6 Å². The Kier molecular flexibility index (Phi) is 4.26. The summed E-state index contributed by atoms with van der Waals surface area (Å²) in [5.74, 6) is 2.67. The Balaban J connectivity index is 1.74. The Labute approximate surface area is 150 Å². The second kappa shape index (κ2) is 6.44. The van der Waals surface area contributed by atoms with E-state index in [1.54, 1.807) is 9.42 Å². The molecule has 3 aromatic rings. The van der Waals surface area contributed by atoms with E-state index < -0.39 is 0 Å². The minimum Gasteiger partial charge on any atom is -0.492 e. The van der Waals surface area contributed by atoms with Crippen molar-refractivity contribution >= 4 is 16.3 Å². The fourth-order valence-electron chi connectivity index (χ4n) is 3.73. The van der Waals surface area contributed by atoms with Crippen LogP contribution < -0.4 is 9.80 Å². The molecule has 4 rings (SSSR count). The summed E-state index contributed by atoms with van der Waals surface area (Å²) in [5, 5.41) is 15.1. The van der Waals surface area contributed by atoms with Gasteiger partial charge in [-0.3, -0.25) is 0 Å². The van der Waals surface area contributed by atoms with Crippen LogP contribution in [-0.4, -0.2) is 52.4 Å². The lowest BCUT2D eigenvalue weighted by Crippen LogP contribution is -3.28. The van der Waals surface area contributed by atoms with Crippen LogP contribution in [0.4, 0.5) is 0 Å². The first-order chi connectivity index (χ1) is 12.1. The van der Waals surface area contributed by atoms with E-state index in [0.29, 0.717) is 5.82 Å². The number of aromatic hydroxyl groups is 1. The van der Waals surface area contributed by atoms with Crippen LogP contribution in [-0.2, 0) is 0 Å². The predicted octanol–water partition coefficient (Wildman–Crippen LogP) is -0.401. The van der Waals surface area contributed by atoms with E-state index in [1.807, 2.05) is 26.0 Å². The van der Waals surface area contributed by atoms with Crippen LogP contribution in [0.15, 0.2) is 16.5 Å². The van der Waals surface area contributed by atoms with Crippen LogP contribution >= 0.6 is 11.3 Å². The molecule has 3 aromatic heterocycles. The molecule has 4 heterocycles. The minimum atomic E-state index is -0.0130. The van der Waals surface area contributed by atoms with Gasteiger partial charge in [-0.2, -0.15) is 4.52 Å². The van der Waals surface area contributed by atoms with Crippen molar-refractivity contribution < 1.29 is 19.3 Å². The van der Waals surface area contributed by atoms with Crippen molar-refractivity contribution in [1.82, 2.24) is 14.6 Å². The summed E-state index contributed by atoms with van der Waals surface area (Å²) >= 11 is 1.51. The average Bonchev–Trinajstić information content (AvgIpc) is 3.26. The molecular weight excluding hydrogens is 338 g/mol. The third-order valence-electron chi connectivity index (χ3n) is 5.12. The second-order valence-corrected chi connectivity index (χ2v) is 7.80. The number of fused-ring (bicyclic) bond motifs is 1. The van der Waals surface area contributed by atoms with Crippen molar-refractivity contribution in [2.45, 2.75) is 26.8 Å². The minimum absolute atomic E-state index is 0.0130. The Morgan fingerprint density at radius 1 is 1.28 bits per heavy atom. The molecular formula is C17H25N5O2S+2. The highest BCUT2D eigenvalue weighted by Crippen LogP contribution is 2.35. The van der Waals surface area contributed by atoms with Gasteiger partial charge in [0.25, 0.3) is 0 Å². The Bertz CT molecular complexity index is 875. The highest BCUT2D eigenvalue weighted by atomic mass is 32.1. The number of furan rings is 1. The summed E-state index contributed by atoms with van der Waals surface area (Å²) in [4.78, 5) is 9.11. The summed E-state index contributed by atoms with van der Waals surface area (Å²) in [6.45, 7) is 11.6. The smallest absolute Gasteiger partial charge is 0.235 e. The van der Waals surface area contributed by atoms with E-state index in [1.165, 1.54) is 22.8 Å². The molecule has 7 nitrogen and oxygen atoms in total. The standard InChI is InChI=1S/C17H23N5O2S/c1-4-20-7-9-21(10-8-20)14(13-6-5-11(2)24-13)15-16(23)22-17(25-15)18-12(3)19-22/h5-6,14,23H,4,7-10H2,1-3H3/p+2/t14-/m1/s1. The molecule has 0 aromatic carbocycles. The third-order valence-corrected chi connectivity index (χ3v) is 6.21. The lowest BCUT2D eigenvalue weighted by molar-refractivity contribution is -1.02. The first-order valence-electron chi connectivity index (χ1n) is 8.86. The van der Waals surface area contributed by atoms with Gasteiger partial charge in [0.2, 0.25) is 10.8 Å². The fourth-order valence-corrected chi connectivity index (χ4v) is 4.89. The van der Waals surface area contributed by atoms with Crippen LogP contribution in [0.3, 0.4) is 0 Å². The molecule has 8 heteroatoms. The first kappa shape index (κ1) is 16.6. The zero-order valence-electron chi connectivity index (χ0n) is 14.9. The molecule has 1 atom stereocenters. The molecule has 1 saturated heterocycles. The van der Waals surface area contributed by atoms with Gasteiger partial charge in [0, 0.05) is 0 Å². The molecule has 0 radical (unpaired) electrons. The molecule has 3 N–H and O–H groups in total. The molecule has 0 saturated carbocycles. The Hall–Kier alpha value is -1.90. The number of thiazole rings is 1. The third kappa shape index (κ3) is 2.94. The summed E-state index contributed by atoms with van der Waals surface area (Å²) in [5.41, 5.74) is 0. The summed E-state index contributed by atoms with van der Waals surface area (Å²) in [6, 6.07) is 4.01. The van der Waals surface area contributed by atoms with Gasteiger partial charge in [-0.15, -0.1) is 5.10 Å². The van der Waals surface area contributed by atoms with Gasteiger partial charge in [-0.05, 0) is 32.9 Å². The quantitative estimate of drug-likeness (QED) is 0.590. The molecule has 134 valence electrons. The van der Waals surface area contributed by atoms with Crippen molar-refractivity contribution in [3.63, 3.8) is 0 Å². The molecule has 1 fully saturated rings. The maximum atomic E-state index is 10.8. The van der Waals surface area contributed by atoms with Gasteiger partial charge in [0.05, 0.1) is 6.54 Å². The molecule has 0 aliphatic carbocycles. The molecule has 0 bridgehead atoms. The van der Waals surface area contributed by atoms with Crippen molar-refractivity contribution in [3.8, 4) is 5.88 Å². The number of nitrogens with zero attached hydrogens (tertiary/aromatic N) is 3. The van der Waals surface area contributed by atoms with Gasteiger partial charge in [-0.25, -0.2) is 4.98 Å². The van der Waals surface area contributed by atoms with Crippen molar-refractivity contribution in [1.29, 1.82) is 0 Å². The molecule has 0 unspecified atom stereocenters. The zero-order chi connectivity index (χ0) is 17.6. The largest absolute Gasteiger partial charge is 0.492 e. The summed E-state index contributed by atoms with van der Waals surface area (Å²) in [6.07, 6.45) is 0. The number of hydrogen-bond acceptors (Lipinski definition) is 5.